The minimum Gasteiger partial charge on any atom is -0.457 e. The summed E-state index contributed by atoms with van der Waals surface area (Å²) in [5.74, 6) is -0.295. The largest absolute Gasteiger partial charge is 0.457 e. The second kappa shape index (κ2) is 19.3. The monoisotopic (exact) mass is 466 g/mol. The van der Waals surface area contributed by atoms with Gasteiger partial charge in [0, 0.05) is 0 Å². The van der Waals surface area contributed by atoms with Crippen LogP contribution in [0.1, 0.15) is 143 Å². The van der Waals surface area contributed by atoms with Crippen molar-refractivity contribution in [2.45, 2.75) is 149 Å². The first kappa shape index (κ1) is 30.0. The molecule has 0 amide bonds. The van der Waals surface area contributed by atoms with Crippen LogP contribution in [0, 0.1) is 17.8 Å². The molecule has 4 nitrogen and oxygen atoms in total. The number of hydrogen-bond donors (Lipinski definition) is 0. The van der Waals surface area contributed by atoms with Crippen molar-refractivity contribution in [3.8, 4) is 0 Å². The predicted octanol–water partition coefficient (Wildman–Crippen LogP) is 8.41. The number of unbranched alkanes of at least 4 members (excludes halogenated alkanes) is 14. The maximum Gasteiger partial charge on any atom is 0.417 e. The van der Waals surface area contributed by atoms with Gasteiger partial charge in [-0.05, 0) is 37.0 Å². The number of ether oxygens (including phenoxy) is 2. The molecule has 3 unspecified atom stereocenters. The number of hydrogen-bond acceptors (Lipinski definition) is 4. The smallest absolute Gasteiger partial charge is 0.417 e. The van der Waals surface area contributed by atoms with E-state index in [4.69, 9.17) is 9.47 Å². The summed E-state index contributed by atoms with van der Waals surface area (Å²) in [5, 5.41) is 0. The van der Waals surface area contributed by atoms with Gasteiger partial charge in [-0.3, -0.25) is 0 Å². The third-order valence-corrected chi connectivity index (χ3v) is 7.37. The molecule has 33 heavy (non-hydrogen) atoms. The molecule has 0 aromatic heterocycles. The lowest BCUT2D eigenvalue weighted by atomic mass is 9.75. The van der Waals surface area contributed by atoms with Gasteiger partial charge in [0.25, 0.3) is 0 Å². The van der Waals surface area contributed by atoms with Crippen molar-refractivity contribution in [3.05, 3.63) is 0 Å². The summed E-state index contributed by atoms with van der Waals surface area (Å²) in [5.41, 5.74) is 0. The number of carbonyl (C=O) groups is 2. The molecular formula is C29H54O4. The van der Waals surface area contributed by atoms with Gasteiger partial charge in [-0.25, -0.2) is 9.59 Å². The zero-order valence-corrected chi connectivity index (χ0v) is 22.4. The van der Waals surface area contributed by atoms with Crippen LogP contribution in [0.25, 0.3) is 0 Å². The molecule has 4 heteroatoms. The van der Waals surface area contributed by atoms with E-state index in [1.807, 2.05) is 0 Å². The summed E-state index contributed by atoms with van der Waals surface area (Å²) in [7, 11) is 0. The van der Waals surface area contributed by atoms with Crippen LogP contribution in [0.5, 0.6) is 0 Å². The van der Waals surface area contributed by atoms with Gasteiger partial charge >= 0.3 is 11.9 Å². The molecule has 0 spiro atoms. The fourth-order valence-corrected chi connectivity index (χ4v) is 5.13. The van der Waals surface area contributed by atoms with E-state index in [1.165, 1.54) is 89.9 Å². The molecule has 194 valence electrons. The van der Waals surface area contributed by atoms with Crippen LogP contribution in [0.2, 0.25) is 0 Å². The summed E-state index contributed by atoms with van der Waals surface area (Å²) >= 11 is 0. The van der Waals surface area contributed by atoms with E-state index in [1.54, 1.807) is 0 Å². The van der Waals surface area contributed by atoms with Gasteiger partial charge in [-0.15, -0.1) is 0 Å². The Bertz CT molecular complexity index is 502. The van der Waals surface area contributed by atoms with Crippen LogP contribution in [0.15, 0.2) is 0 Å². The highest BCUT2D eigenvalue weighted by atomic mass is 16.6. The molecular weight excluding hydrogens is 412 g/mol. The average molecular weight is 467 g/mol. The molecule has 1 fully saturated rings. The Morgan fingerprint density at radius 3 is 1.70 bits per heavy atom. The highest BCUT2D eigenvalue weighted by Crippen LogP contribution is 2.35. The first-order valence-corrected chi connectivity index (χ1v) is 14.3. The van der Waals surface area contributed by atoms with Crippen molar-refractivity contribution >= 4 is 11.9 Å². The third kappa shape index (κ3) is 14.7. The van der Waals surface area contributed by atoms with Gasteiger partial charge in [0.15, 0.2) is 0 Å². The zero-order valence-electron chi connectivity index (χ0n) is 22.4. The first-order valence-electron chi connectivity index (χ1n) is 14.3. The summed E-state index contributed by atoms with van der Waals surface area (Å²) < 4.78 is 10.7. The maximum atomic E-state index is 12.2. The van der Waals surface area contributed by atoms with E-state index in [9.17, 15) is 9.59 Å². The molecule has 0 heterocycles. The standard InChI is InChI=1S/C29H54O4/c1-5-6-7-8-9-10-11-12-13-14-15-16-17-18-19-22-32-28(30)29(31)33-27-23-25(4)20-21-26(27)24(2)3/h24-27H,5-23H2,1-4H3. The van der Waals surface area contributed by atoms with Gasteiger partial charge in [-0.2, -0.15) is 0 Å². The Balaban J connectivity index is 1.95. The van der Waals surface area contributed by atoms with E-state index in [-0.39, 0.29) is 6.10 Å². The maximum absolute atomic E-state index is 12.2. The van der Waals surface area contributed by atoms with Crippen LogP contribution >= 0.6 is 0 Å². The predicted molar refractivity (Wildman–Crippen MR) is 137 cm³/mol. The Morgan fingerprint density at radius 2 is 1.21 bits per heavy atom. The molecule has 0 aliphatic heterocycles. The lowest BCUT2D eigenvalue weighted by Gasteiger charge is -2.36. The van der Waals surface area contributed by atoms with E-state index >= 15 is 0 Å². The number of rotatable bonds is 18. The SMILES string of the molecule is CCCCCCCCCCCCCCCCCOC(=O)C(=O)OC1CC(C)CCC1C(C)C. The topological polar surface area (TPSA) is 52.6 Å². The summed E-state index contributed by atoms with van der Waals surface area (Å²) in [4.78, 5) is 24.2. The minimum absolute atomic E-state index is 0.153. The number of carbonyl (C=O) groups excluding carboxylic acids is 2. The van der Waals surface area contributed by atoms with E-state index in [2.05, 4.69) is 27.7 Å². The van der Waals surface area contributed by atoms with Crippen LogP contribution in [-0.4, -0.2) is 24.6 Å². The van der Waals surface area contributed by atoms with Crippen molar-refractivity contribution in [2.75, 3.05) is 6.61 Å². The Morgan fingerprint density at radius 1 is 0.727 bits per heavy atom. The van der Waals surface area contributed by atoms with Gasteiger partial charge in [0.1, 0.15) is 6.10 Å². The zero-order chi connectivity index (χ0) is 24.3. The fraction of sp³-hybridized carbons (Fsp3) is 0.931. The van der Waals surface area contributed by atoms with Gasteiger partial charge in [0.05, 0.1) is 6.61 Å². The summed E-state index contributed by atoms with van der Waals surface area (Å²) in [6.07, 6.45) is 22.4. The Kier molecular flexibility index (Phi) is 17.5. The molecule has 1 saturated carbocycles. The third-order valence-electron chi connectivity index (χ3n) is 7.37. The lowest BCUT2D eigenvalue weighted by Crippen LogP contribution is -2.37. The quantitative estimate of drug-likeness (QED) is 0.116. The van der Waals surface area contributed by atoms with Crippen LogP contribution < -0.4 is 0 Å². The highest BCUT2D eigenvalue weighted by molar-refractivity contribution is 6.29. The molecule has 0 bridgehead atoms. The van der Waals surface area contributed by atoms with Crippen LogP contribution in [0.3, 0.4) is 0 Å². The molecule has 1 aliphatic carbocycles. The van der Waals surface area contributed by atoms with Crippen LogP contribution in [0.4, 0.5) is 0 Å². The van der Waals surface area contributed by atoms with Gasteiger partial charge in [-0.1, -0.05) is 124 Å². The second-order valence-electron chi connectivity index (χ2n) is 10.9. The molecule has 3 atom stereocenters. The normalized spacial score (nSPS) is 20.7. The summed E-state index contributed by atoms with van der Waals surface area (Å²) in [6, 6.07) is 0. The van der Waals surface area contributed by atoms with Crippen molar-refractivity contribution < 1.29 is 19.1 Å². The lowest BCUT2D eigenvalue weighted by molar-refractivity contribution is -0.175. The Hall–Kier alpha value is -1.06. The van der Waals surface area contributed by atoms with E-state index in [0.717, 1.165) is 25.7 Å². The Labute approximate surface area is 205 Å². The van der Waals surface area contributed by atoms with E-state index in [0.29, 0.717) is 24.4 Å². The molecule has 0 radical (unpaired) electrons. The van der Waals surface area contributed by atoms with Gasteiger partial charge in [0.2, 0.25) is 0 Å². The number of esters is 2. The van der Waals surface area contributed by atoms with Crippen molar-refractivity contribution in [3.63, 3.8) is 0 Å². The molecule has 0 aromatic rings. The van der Waals surface area contributed by atoms with Crippen molar-refractivity contribution in [1.29, 1.82) is 0 Å². The molecule has 0 N–H and O–H groups in total. The molecule has 1 rings (SSSR count). The van der Waals surface area contributed by atoms with Crippen molar-refractivity contribution in [2.24, 2.45) is 17.8 Å². The molecule has 0 saturated heterocycles. The van der Waals surface area contributed by atoms with Crippen LogP contribution in [-0.2, 0) is 19.1 Å². The second-order valence-corrected chi connectivity index (χ2v) is 10.9. The van der Waals surface area contributed by atoms with E-state index < -0.39 is 11.9 Å². The molecule has 1 aliphatic rings. The van der Waals surface area contributed by atoms with Gasteiger partial charge < -0.3 is 9.47 Å². The minimum atomic E-state index is -0.818. The first-order chi connectivity index (χ1) is 16.0. The average Bonchev–Trinajstić information content (AvgIpc) is 2.78. The highest BCUT2D eigenvalue weighted by Gasteiger charge is 2.35. The molecule has 0 aromatic carbocycles. The summed E-state index contributed by atoms with van der Waals surface area (Å²) in [6.45, 7) is 9.10. The van der Waals surface area contributed by atoms with Crippen molar-refractivity contribution in [1.82, 2.24) is 0 Å². The fourth-order valence-electron chi connectivity index (χ4n) is 5.13.